The molecule has 2 atom stereocenters. The van der Waals surface area contributed by atoms with Crippen LogP contribution in [-0.2, 0) is 33.9 Å². The predicted octanol–water partition coefficient (Wildman–Crippen LogP) is 5.15. The second kappa shape index (κ2) is 19.2. The molecule has 3 aromatic rings. The molecule has 2 aromatic carbocycles. The number of quaternary nitrogens is 1. The third-order valence-electron chi connectivity index (χ3n) is 5.65. The summed E-state index contributed by atoms with van der Waals surface area (Å²) in [5.41, 5.74) is 0.961. The molecule has 220 valence electrons. The number of benzene rings is 2. The Morgan fingerprint density at radius 3 is 1.55 bits per heavy atom. The summed E-state index contributed by atoms with van der Waals surface area (Å²) in [4.78, 5) is 4.35. The minimum atomic E-state index is -1.34. The van der Waals surface area contributed by atoms with Gasteiger partial charge in [0.05, 0.1) is 12.2 Å². The van der Waals surface area contributed by atoms with Gasteiger partial charge in [-0.1, -0.05) is 66.7 Å². The zero-order valence-corrected chi connectivity index (χ0v) is 26.4. The third-order valence-corrected chi connectivity index (χ3v) is 5.65. The number of aliphatic hydroxyl groups excluding tert-OH is 3. The predicted molar refractivity (Wildman–Crippen MR) is 157 cm³/mol. The van der Waals surface area contributed by atoms with E-state index in [-0.39, 0.29) is 46.6 Å². The molecule has 0 saturated carbocycles. The average molecular weight is 589 g/mol. The molecule has 7 nitrogen and oxygen atoms in total. The van der Waals surface area contributed by atoms with Gasteiger partial charge in [-0.2, -0.15) is 0 Å². The Morgan fingerprint density at radius 1 is 0.775 bits per heavy atom. The minimum Gasteiger partial charge on any atom is -0.632 e. The number of hydrogen-bond acceptors (Lipinski definition) is 6. The van der Waals surface area contributed by atoms with Gasteiger partial charge in [0.2, 0.25) is 0 Å². The summed E-state index contributed by atoms with van der Waals surface area (Å²) in [7, 11) is 0. The fourth-order valence-electron chi connectivity index (χ4n) is 4.38. The molecule has 8 heteroatoms. The van der Waals surface area contributed by atoms with Crippen molar-refractivity contribution in [2.75, 3.05) is 6.54 Å². The van der Waals surface area contributed by atoms with Crippen molar-refractivity contribution in [1.82, 2.24) is 4.98 Å². The van der Waals surface area contributed by atoms with E-state index in [0.29, 0.717) is 13.0 Å². The quantitative estimate of drug-likeness (QED) is 0.186. The number of aromatic nitrogens is 1. The molecule has 2 heterocycles. The number of rotatable bonds is 5. The number of pyridine rings is 1. The van der Waals surface area contributed by atoms with Crippen LogP contribution < -0.4 is 0 Å². The van der Waals surface area contributed by atoms with Crippen LogP contribution in [0.4, 0.5) is 0 Å². The SMILES string of the molecule is CC(C)O.CC(C)O.CC(C)O.[O-][N@@+]1(Cc2ccccn2)CCC[C@H]1C(O)(c1ccccc1)c1ccccc1.[Ti]. The maximum Gasteiger partial charge on any atom is 0.167 e. The summed E-state index contributed by atoms with van der Waals surface area (Å²) < 4.78 is -0.461. The van der Waals surface area contributed by atoms with Gasteiger partial charge in [0.1, 0.15) is 12.6 Å². The molecule has 1 fully saturated rings. The van der Waals surface area contributed by atoms with Gasteiger partial charge in [0, 0.05) is 59.1 Å². The molecule has 0 spiro atoms. The number of hydroxylamine groups is 3. The van der Waals surface area contributed by atoms with Crippen molar-refractivity contribution in [2.24, 2.45) is 0 Å². The molecular formula is C32H48N2O5Ti. The van der Waals surface area contributed by atoms with Gasteiger partial charge < -0.3 is 30.3 Å². The molecule has 0 radical (unpaired) electrons. The first kappa shape index (κ1) is 38.1. The molecule has 1 aliphatic heterocycles. The first-order valence-electron chi connectivity index (χ1n) is 13.7. The number of nitrogens with zero attached hydrogens (tertiary/aromatic N) is 2. The molecule has 0 aliphatic carbocycles. The van der Waals surface area contributed by atoms with Gasteiger partial charge in [0.15, 0.2) is 5.60 Å². The average Bonchev–Trinajstić information content (AvgIpc) is 3.25. The molecule has 40 heavy (non-hydrogen) atoms. The van der Waals surface area contributed by atoms with E-state index in [0.717, 1.165) is 23.2 Å². The van der Waals surface area contributed by atoms with Crippen molar-refractivity contribution in [2.45, 2.75) is 90.9 Å². The fourth-order valence-corrected chi connectivity index (χ4v) is 4.38. The topological polar surface area (TPSA) is 117 Å². The number of hydrogen-bond donors (Lipinski definition) is 4. The van der Waals surface area contributed by atoms with Crippen molar-refractivity contribution in [3.8, 4) is 0 Å². The Hall–Kier alpha value is -1.94. The number of aliphatic hydroxyl groups is 4. The second-order valence-corrected chi connectivity index (χ2v) is 10.6. The Balaban J connectivity index is 0.000000997. The van der Waals surface area contributed by atoms with Crippen LogP contribution in [-0.4, -0.2) is 61.0 Å². The molecule has 0 unspecified atom stereocenters. The van der Waals surface area contributed by atoms with E-state index in [2.05, 4.69) is 4.98 Å². The largest absolute Gasteiger partial charge is 0.632 e. The van der Waals surface area contributed by atoms with Gasteiger partial charge >= 0.3 is 0 Å². The standard InChI is InChI=1S/C23H24N2O2.3C3H8O.Ti/c26-23(19-10-3-1-4-11-19,20-12-5-2-6-13-20)22-15-9-17-25(22,27)18-21-14-7-8-16-24-21;3*1-3(2)4;/h1-8,10-14,16,22,26H,9,15,17-18H2;3*3-4H,1-2H3;/t22-,25+;;;;/m0..../s1. The van der Waals surface area contributed by atoms with Crippen molar-refractivity contribution in [3.05, 3.63) is 107 Å². The summed E-state index contributed by atoms with van der Waals surface area (Å²) in [5, 5.41) is 50.1. The smallest absolute Gasteiger partial charge is 0.167 e. The van der Waals surface area contributed by atoms with Crippen LogP contribution in [0.15, 0.2) is 85.1 Å². The molecule has 0 bridgehead atoms. The Labute approximate surface area is 255 Å². The molecule has 1 aromatic heterocycles. The van der Waals surface area contributed by atoms with E-state index >= 15 is 0 Å². The zero-order chi connectivity index (χ0) is 29.5. The molecule has 0 amide bonds. The van der Waals surface area contributed by atoms with Gasteiger partial charge in [-0.05, 0) is 64.8 Å². The van der Waals surface area contributed by atoms with Crippen LogP contribution in [0.2, 0.25) is 0 Å². The second-order valence-electron chi connectivity index (χ2n) is 10.6. The molecule has 1 aliphatic rings. The summed E-state index contributed by atoms with van der Waals surface area (Å²) in [5.74, 6) is 0. The van der Waals surface area contributed by atoms with Crippen molar-refractivity contribution in [3.63, 3.8) is 0 Å². The zero-order valence-electron chi connectivity index (χ0n) is 24.8. The summed E-state index contributed by atoms with van der Waals surface area (Å²) in [6.45, 7) is 11.1. The van der Waals surface area contributed by atoms with Gasteiger partial charge in [-0.15, -0.1) is 0 Å². The van der Waals surface area contributed by atoms with Crippen molar-refractivity contribution < 1.29 is 46.8 Å². The summed E-state index contributed by atoms with van der Waals surface area (Å²) in [6.07, 6.45) is 2.69. The Bertz CT molecular complexity index is 961. The van der Waals surface area contributed by atoms with Crippen LogP contribution >= 0.6 is 0 Å². The molecule has 4 rings (SSSR count). The maximum absolute atomic E-state index is 13.9. The molecular weight excluding hydrogens is 540 g/mol. The van der Waals surface area contributed by atoms with Crippen LogP contribution in [0, 0.1) is 5.21 Å². The van der Waals surface area contributed by atoms with E-state index in [1.165, 1.54) is 0 Å². The van der Waals surface area contributed by atoms with Crippen LogP contribution in [0.1, 0.15) is 71.2 Å². The molecule has 1 saturated heterocycles. The van der Waals surface area contributed by atoms with E-state index in [9.17, 15) is 10.3 Å². The minimum absolute atomic E-state index is 0. The monoisotopic (exact) mass is 588 g/mol. The molecule has 4 N–H and O–H groups in total. The van der Waals surface area contributed by atoms with Crippen molar-refractivity contribution >= 4 is 0 Å². The van der Waals surface area contributed by atoms with Crippen LogP contribution in [0.25, 0.3) is 0 Å². The van der Waals surface area contributed by atoms with Crippen LogP contribution in [0.3, 0.4) is 0 Å². The fraction of sp³-hybridized carbons (Fsp3) is 0.469. The first-order valence-corrected chi connectivity index (χ1v) is 13.7. The first-order chi connectivity index (χ1) is 18.3. The van der Waals surface area contributed by atoms with Gasteiger partial charge in [-0.25, -0.2) is 0 Å². The number of likely N-dealkylation sites (tertiary alicyclic amines) is 1. The van der Waals surface area contributed by atoms with Crippen molar-refractivity contribution in [1.29, 1.82) is 0 Å². The normalized spacial score (nSPS) is 18.0. The Kier molecular flexibility index (Phi) is 18.3. The van der Waals surface area contributed by atoms with Gasteiger partial charge in [-0.3, -0.25) is 4.98 Å². The third kappa shape index (κ3) is 13.2. The van der Waals surface area contributed by atoms with E-state index < -0.39 is 16.3 Å². The Morgan fingerprint density at radius 2 is 1.18 bits per heavy atom. The van der Waals surface area contributed by atoms with E-state index in [1.807, 2.05) is 78.9 Å². The summed E-state index contributed by atoms with van der Waals surface area (Å²) in [6, 6.07) is 24.3. The van der Waals surface area contributed by atoms with E-state index in [4.69, 9.17) is 15.3 Å². The summed E-state index contributed by atoms with van der Waals surface area (Å²) >= 11 is 0. The maximum atomic E-state index is 13.9. The van der Waals surface area contributed by atoms with E-state index in [1.54, 1.807) is 47.7 Å². The van der Waals surface area contributed by atoms with Crippen LogP contribution in [0.5, 0.6) is 0 Å². The van der Waals surface area contributed by atoms with Gasteiger partial charge in [0.25, 0.3) is 0 Å².